The van der Waals surface area contributed by atoms with Crippen molar-refractivity contribution in [1.82, 2.24) is 16.0 Å². The van der Waals surface area contributed by atoms with Gasteiger partial charge in [-0.15, -0.1) is 0 Å². The molecule has 0 saturated heterocycles. The van der Waals surface area contributed by atoms with E-state index >= 15 is 0 Å². The first kappa shape index (κ1) is 15.9. The molecule has 17 heavy (non-hydrogen) atoms. The Morgan fingerprint density at radius 3 is 2.06 bits per heavy atom. The molecule has 0 saturated carbocycles. The number of carbonyl (C=O) groups excluding carboxylic acids is 2. The Kier molecular flexibility index (Phi) is 6.16. The second-order valence-electron chi connectivity index (χ2n) is 5.43. The number of rotatable bonds is 5. The van der Waals surface area contributed by atoms with Gasteiger partial charge in [-0.05, 0) is 34.7 Å². The van der Waals surface area contributed by atoms with Crippen LogP contribution in [0.4, 0.5) is 0 Å². The maximum Gasteiger partial charge on any atom is 0.242 e. The molecule has 0 aliphatic carbocycles. The fraction of sp³-hybridized carbons (Fsp3) is 0.833. The van der Waals surface area contributed by atoms with Crippen LogP contribution >= 0.6 is 0 Å². The molecule has 0 aromatic carbocycles. The minimum absolute atomic E-state index is 0.115. The normalized spacial score (nSPS) is 14.9. The van der Waals surface area contributed by atoms with Gasteiger partial charge in [-0.1, -0.05) is 6.92 Å². The molecule has 0 spiro atoms. The van der Waals surface area contributed by atoms with Gasteiger partial charge in [0, 0.05) is 18.0 Å². The highest BCUT2D eigenvalue weighted by molar-refractivity contribution is 5.88. The monoisotopic (exact) mass is 243 g/mol. The van der Waals surface area contributed by atoms with E-state index in [0.717, 1.165) is 0 Å². The van der Waals surface area contributed by atoms with Crippen LogP contribution in [0.5, 0.6) is 0 Å². The molecule has 5 heteroatoms. The summed E-state index contributed by atoms with van der Waals surface area (Å²) in [5.41, 5.74) is -0.285. The van der Waals surface area contributed by atoms with Gasteiger partial charge in [-0.2, -0.15) is 0 Å². The highest BCUT2D eigenvalue weighted by Crippen LogP contribution is 2.00. The van der Waals surface area contributed by atoms with Gasteiger partial charge in [-0.3, -0.25) is 9.59 Å². The summed E-state index contributed by atoms with van der Waals surface area (Å²) in [6.45, 7) is 9.82. The summed E-state index contributed by atoms with van der Waals surface area (Å²) in [6.07, 6.45) is 0. The molecule has 0 fully saturated rings. The van der Waals surface area contributed by atoms with Crippen molar-refractivity contribution in [3.8, 4) is 0 Å². The highest BCUT2D eigenvalue weighted by atomic mass is 16.2. The third-order valence-electron chi connectivity index (χ3n) is 2.21. The van der Waals surface area contributed by atoms with Crippen molar-refractivity contribution >= 4 is 11.8 Å². The number of carbonyl (C=O) groups is 2. The number of hydrogen-bond donors (Lipinski definition) is 3. The van der Waals surface area contributed by atoms with Crippen molar-refractivity contribution in [2.24, 2.45) is 5.92 Å². The first-order chi connectivity index (χ1) is 7.67. The van der Waals surface area contributed by atoms with Crippen LogP contribution < -0.4 is 16.0 Å². The van der Waals surface area contributed by atoms with E-state index in [1.165, 1.54) is 0 Å². The summed E-state index contributed by atoms with van der Waals surface area (Å²) < 4.78 is 0. The number of amides is 2. The van der Waals surface area contributed by atoms with Gasteiger partial charge >= 0.3 is 0 Å². The molecule has 2 atom stereocenters. The van der Waals surface area contributed by atoms with Crippen molar-refractivity contribution in [2.75, 3.05) is 13.6 Å². The van der Waals surface area contributed by atoms with Crippen molar-refractivity contribution in [3.05, 3.63) is 0 Å². The summed E-state index contributed by atoms with van der Waals surface area (Å²) in [5, 5.41) is 8.45. The van der Waals surface area contributed by atoms with E-state index in [4.69, 9.17) is 0 Å². The van der Waals surface area contributed by atoms with Crippen LogP contribution in [0.2, 0.25) is 0 Å². The zero-order chi connectivity index (χ0) is 13.6. The summed E-state index contributed by atoms with van der Waals surface area (Å²) in [6, 6.07) is -0.513. The minimum Gasteiger partial charge on any atom is -0.350 e. The van der Waals surface area contributed by atoms with Crippen LogP contribution in [-0.2, 0) is 9.59 Å². The zero-order valence-corrected chi connectivity index (χ0v) is 11.7. The summed E-state index contributed by atoms with van der Waals surface area (Å²) in [4.78, 5) is 23.4. The van der Waals surface area contributed by atoms with Crippen molar-refractivity contribution < 1.29 is 9.59 Å². The van der Waals surface area contributed by atoms with Gasteiger partial charge in [0.2, 0.25) is 11.8 Å². The third kappa shape index (κ3) is 6.94. The fourth-order valence-electron chi connectivity index (χ4n) is 1.30. The molecule has 3 N–H and O–H groups in total. The molecule has 0 radical (unpaired) electrons. The van der Waals surface area contributed by atoms with Crippen LogP contribution in [-0.4, -0.2) is 37.0 Å². The lowest BCUT2D eigenvalue weighted by molar-refractivity contribution is -0.131. The lowest BCUT2D eigenvalue weighted by Crippen LogP contribution is -2.52. The molecule has 0 heterocycles. The summed E-state index contributed by atoms with van der Waals surface area (Å²) in [5.74, 6) is -0.427. The van der Waals surface area contributed by atoms with Crippen LogP contribution in [0.15, 0.2) is 0 Å². The van der Waals surface area contributed by atoms with Gasteiger partial charge in [0.05, 0.1) is 0 Å². The molecule has 0 aromatic heterocycles. The minimum atomic E-state index is -0.513. The van der Waals surface area contributed by atoms with Crippen molar-refractivity contribution in [2.45, 2.75) is 46.2 Å². The largest absolute Gasteiger partial charge is 0.350 e. The van der Waals surface area contributed by atoms with Crippen LogP contribution in [0.3, 0.4) is 0 Å². The van der Waals surface area contributed by atoms with E-state index in [2.05, 4.69) is 16.0 Å². The molecule has 2 unspecified atom stereocenters. The lowest BCUT2D eigenvalue weighted by atomic mass is 10.1. The zero-order valence-electron chi connectivity index (χ0n) is 11.7. The second-order valence-corrected chi connectivity index (χ2v) is 5.43. The number of hydrogen-bond acceptors (Lipinski definition) is 3. The molecule has 0 bridgehead atoms. The second kappa shape index (κ2) is 6.59. The molecule has 0 rings (SSSR count). The van der Waals surface area contributed by atoms with Gasteiger partial charge in [0.25, 0.3) is 0 Å². The van der Waals surface area contributed by atoms with Gasteiger partial charge in [-0.25, -0.2) is 0 Å². The molecule has 0 aliphatic rings. The SMILES string of the molecule is CNCC(C)C(=O)NC(C)C(=O)NC(C)(C)C. The quantitative estimate of drug-likeness (QED) is 0.649. The van der Waals surface area contributed by atoms with Gasteiger partial charge < -0.3 is 16.0 Å². The molecule has 2 amide bonds. The van der Waals surface area contributed by atoms with E-state index in [1.807, 2.05) is 27.7 Å². The lowest BCUT2D eigenvalue weighted by Gasteiger charge is -2.24. The fourth-order valence-corrected chi connectivity index (χ4v) is 1.30. The first-order valence-electron chi connectivity index (χ1n) is 5.94. The Bertz CT molecular complexity index is 271. The Morgan fingerprint density at radius 2 is 1.65 bits per heavy atom. The van der Waals surface area contributed by atoms with Crippen LogP contribution in [0, 0.1) is 5.92 Å². The van der Waals surface area contributed by atoms with E-state index in [-0.39, 0.29) is 23.3 Å². The molecular weight excluding hydrogens is 218 g/mol. The highest BCUT2D eigenvalue weighted by Gasteiger charge is 2.22. The topological polar surface area (TPSA) is 70.2 Å². The first-order valence-corrected chi connectivity index (χ1v) is 5.94. The Morgan fingerprint density at radius 1 is 1.12 bits per heavy atom. The standard InChI is InChI=1S/C12H25N3O2/c1-8(7-13-6)10(16)14-9(2)11(17)15-12(3,4)5/h8-9,13H,7H2,1-6H3,(H,14,16)(H,15,17). The van der Waals surface area contributed by atoms with Gasteiger partial charge in [0.1, 0.15) is 6.04 Å². The Balaban J connectivity index is 4.21. The molecule has 0 aliphatic heterocycles. The molecule has 5 nitrogen and oxygen atoms in total. The molecule has 0 aromatic rings. The summed E-state index contributed by atoms with van der Waals surface area (Å²) in [7, 11) is 1.79. The van der Waals surface area contributed by atoms with Crippen LogP contribution in [0.25, 0.3) is 0 Å². The average molecular weight is 243 g/mol. The van der Waals surface area contributed by atoms with Crippen molar-refractivity contribution in [1.29, 1.82) is 0 Å². The summed E-state index contributed by atoms with van der Waals surface area (Å²) >= 11 is 0. The Hall–Kier alpha value is -1.10. The number of nitrogens with one attached hydrogen (secondary N) is 3. The van der Waals surface area contributed by atoms with E-state index in [0.29, 0.717) is 6.54 Å². The predicted octanol–water partition coefficient (Wildman–Crippen LogP) is 0.261. The van der Waals surface area contributed by atoms with E-state index in [1.54, 1.807) is 14.0 Å². The average Bonchev–Trinajstić information content (AvgIpc) is 2.15. The maximum absolute atomic E-state index is 11.7. The van der Waals surface area contributed by atoms with E-state index in [9.17, 15) is 9.59 Å². The smallest absolute Gasteiger partial charge is 0.242 e. The Labute approximate surface area is 104 Å². The molecule has 100 valence electrons. The predicted molar refractivity (Wildman–Crippen MR) is 68.6 cm³/mol. The van der Waals surface area contributed by atoms with Crippen molar-refractivity contribution in [3.63, 3.8) is 0 Å². The third-order valence-corrected chi connectivity index (χ3v) is 2.21. The van der Waals surface area contributed by atoms with Gasteiger partial charge in [0.15, 0.2) is 0 Å². The maximum atomic E-state index is 11.7. The molecular formula is C12H25N3O2. The van der Waals surface area contributed by atoms with Crippen LogP contribution in [0.1, 0.15) is 34.6 Å². The van der Waals surface area contributed by atoms with E-state index < -0.39 is 6.04 Å².